The van der Waals surface area contributed by atoms with Gasteiger partial charge in [0.05, 0.1) is 11.4 Å². The quantitative estimate of drug-likeness (QED) is 0.164. The Balaban J connectivity index is 1.58. The van der Waals surface area contributed by atoms with Gasteiger partial charge in [-0.15, -0.1) is 0 Å². The minimum Gasteiger partial charge on any atom is -0.410 e. The zero-order valence-corrected chi connectivity index (χ0v) is 25.1. The maximum Gasteiger partial charge on any atom is 0.417 e. The molecular weight excluding hydrogens is 530 g/mol. The molecule has 3 aromatic rings. The summed E-state index contributed by atoms with van der Waals surface area (Å²) in [6, 6.07) is 14.6. The van der Waals surface area contributed by atoms with Gasteiger partial charge in [0.25, 0.3) is 0 Å². The molecule has 1 heterocycles. The summed E-state index contributed by atoms with van der Waals surface area (Å²) in [5.41, 5.74) is 4.15. The van der Waals surface area contributed by atoms with E-state index in [0.717, 1.165) is 37.3 Å². The van der Waals surface area contributed by atoms with Crippen LogP contribution in [0.3, 0.4) is 0 Å². The Labute approximate surface area is 249 Å². The number of aryl methyl sites for hydroxylation is 2. The fraction of sp³-hybridized carbons (Fsp3) is 0.257. The molecule has 1 unspecified atom stereocenters. The second kappa shape index (κ2) is 16.9. The average Bonchev–Trinajstić information content (AvgIpc) is 3.26. The third-order valence-electron chi connectivity index (χ3n) is 6.44. The van der Waals surface area contributed by atoms with E-state index in [-0.39, 0.29) is 5.92 Å². The fourth-order valence-electron chi connectivity index (χ4n) is 4.44. The van der Waals surface area contributed by atoms with Crippen molar-refractivity contribution in [2.45, 2.75) is 59.4 Å². The highest BCUT2D eigenvalue weighted by atomic mass is 35.5. The van der Waals surface area contributed by atoms with Gasteiger partial charge in [-0.3, -0.25) is 5.32 Å². The van der Waals surface area contributed by atoms with Crippen LogP contribution in [-0.2, 0) is 13.0 Å². The number of allylic oxidation sites excluding steroid dienone is 9. The van der Waals surface area contributed by atoms with Crippen LogP contribution in [0.4, 0.5) is 10.5 Å². The van der Waals surface area contributed by atoms with E-state index in [2.05, 4.69) is 48.0 Å². The predicted molar refractivity (Wildman–Crippen MR) is 173 cm³/mol. The fourth-order valence-corrected chi connectivity index (χ4v) is 4.62. The average molecular weight is 570 g/mol. The number of carbonyl (C=O) groups is 1. The predicted octanol–water partition coefficient (Wildman–Crippen LogP) is 9.86. The van der Waals surface area contributed by atoms with E-state index in [4.69, 9.17) is 21.3 Å². The molecule has 0 spiro atoms. The highest BCUT2D eigenvalue weighted by molar-refractivity contribution is 6.30. The number of unbranched alkanes of at least 4 members (excludes halogenated alkanes) is 1. The second-order valence-electron chi connectivity index (χ2n) is 9.68. The monoisotopic (exact) mass is 569 g/mol. The number of halogens is 1. The number of anilines is 1. The zero-order chi connectivity index (χ0) is 29.5. The lowest BCUT2D eigenvalue weighted by molar-refractivity contribution is 0.215. The molecule has 0 radical (unpaired) electrons. The number of ether oxygens (including phenoxy) is 1. The van der Waals surface area contributed by atoms with Gasteiger partial charge < -0.3 is 9.30 Å². The van der Waals surface area contributed by atoms with E-state index < -0.39 is 6.09 Å². The normalized spacial score (nSPS) is 12.9. The molecule has 2 aromatic carbocycles. The first-order chi connectivity index (χ1) is 19.9. The van der Waals surface area contributed by atoms with Gasteiger partial charge in [0, 0.05) is 23.2 Å². The van der Waals surface area contributed by atoms with Crippen LogP contribution in [-0.4, -0.2) is 15.6 Å². The Morgan fingerprint density at radius 3 is 2.46 bits per heavy atom. The number of amides is 1. The van der Waals surface area contributed by atoms with E-state index >= 15 is 0 Å². The number of benzene rings is 2. The second-order valence-corrected chi connectivity index (χ2v) is 10.1. The number of nitrogens with one attached hydrogen (secondary N) is 1. The van der Waals surface area contributed by atoms with Gasteiger partial charge in [0.15, 0.2) is 0 Å². The van der Waals surface area contributed by atoms with Crippen molar-refractivity contribution in [2.24, 2.45) is 0 Å². The molecule has 5 nitrogen and oxygen atoms in total. The van der Waals surface area contributed by atoms with Crippen LogP contribution in [0.15, 0.2) is 103 Å². The molecule has 0 bridgehead atoms. The number of imidazole rings is 1. The minimum atomic E-state index is -0.552. The lowest BCUT2D eigenvalue weighted by Crippen LogP contribution is -2.16. The molecule has 1 atom stereocenters. The summed E-state index contributed by atoms with van der Waals surface area (Å²) in [6.45, 7) is 9.25. The summed E-state index contributed by atoms with van der Waals surface area (Å²) >= 11 is 5.95. The van der Waals surface area contributed by atoms with Crippen molar-refractivity contribution in [1.29, 1.82) is 0 Å². The van der Waals surface area contributed by atoms with Crippen molar-refractivity contribution in [3.8, 4) is 5.75 Å². The first kappa shape index (κ1) is 31.4. The summed E-state index contributed by atoms with van der Waals surface area (Å²) in [5.74, 6) is 1.66. The molecule has 1 amide bonds. The van der Waals surface area contributed by atoms with Crippen LogP contribution >= 0.6 is 11.6 Å². The zero-order valence-electron chi connectivity index (χ0n) is 24.4. The maximum absolute atomic E-state index is 12.2. The Kier molecular flexibility index (Phi) is 12.9. The topological polar surface area (TPSA) is 56.2 Å². The molecule has 6 heteroatoms. The highest BCUT2D eigenvalue weighted by Gasteiger charge is 2.17. The standard InChI is InChI=1S/C35H40ClN3O2/c1-5-7-9-10-12-20-33-34(27(3)16-11-8-6-2)39(28(4)37-33)25-14-13-17-29-21-23-31(24-22-29)38-35(40)41-32-19-15-18-30(36)26-32/h5-12,15-16,18-24,26-27H,13-14,17,25H2,1-4H3,(H,38,40)/b7-5-,8-6-,10-9-,16-11-,20-12+. The molecule has 0 saturated heterocycles. The maximum atomic E-state index is 12.2. The van der Waals surface area contributed by atoms with Crippen molar-refractivity contribution in [3.05, 3.63) is 131 Å². The molecule has 0 aliphatic rings. The number of hydrogen-bond donors (Lipinski definition) is 1. The Morgan fingerprint density at radius 1 is 1.00 bits per heavy atom. The van der Waals surface area contributed by atoms with E-state index in [0.29, 0.717) is 16.5 Å². The molecule has 41 heavy (non-hydrogen) atoms. The molecule has 0 aliphatic carbocycles. The smallest absolute Gasteiger partial charge is 0.410 e. The molecule has 214 valence electrons. The molecular formula is C35H40ClN3O2. The molecule has 1 aromatic heterocycles. The lowest BCUT2D eigenvalue weighted by atomic mass is 10.0. The van der Waals surface area contributed by atoms with E-state index in [1.807, 2.05) is 74.6 Å². The van der Waals surface area contributed by atoms with Gasteiger partial charge in [-0.2, -0.15) is 0 Å². The van der Waals surface area contributed by atoms with Crippen molar-refractivity contribution < 1.29 is 9.53 Å². The first-order valence-corrected chi connectivity index (χ1v) is 14.4. The third kappa shape index (κ3) is 10.4. The van der Waals surface area contributed by atoms with Crippen LogP contribution in [0.25, 0.3) is 6.08 Å². The highest BCUT2D eigenvalue weighted by Crippen LogP contribution is 2.25. The number of aromatic nitrogens is 2. The Bertz CT molecular complexity index is 1410. The van der Waals surface area contributed by atoms with E-state index in [1.54, 1.807) is 24.3 Å². The number of carbonyl (C=O) groups excluding carboxylic acids is 1. The largest absolute Gasteiger partial charge is 0.417 e. The van der Waals surface area contributed by atoms with Crippen molar-refractivity contribution >= 4 is 29.5 Å². The van der Waals surface area contributed by atoms with E-state index in [1.165, 1.54) is 11.3 Å². The number of rotatable bonds is 13. The van der Waals surface area contributed by atoms with Crippen molar-refractivity contribution in [1.82, 2.24) is 9.55 Å². The summed E-state index contributed by atoms with van der Waals surface area (Å²) in [5, 5.41) is 3.27. The van der Waals surface area contributed by atoms with Gasteiger partial charge in [0.2, 0.25) is 0 Å². The SMILES string of the molecule is C\C=C/C=C\C=C\c1nc(C)n(CCCCc2ccc(NC(=O)Oc3cccc(Cl)c3)cc2)c1C(C)/C=C\C=C/C. The summed E-state index contributed by atoms with van der Waals surface area (Å²) < 4.78 is 7.65. The van der Waals surface area contributed by atoms with Gasteiger partial charge in [-0.1, -0.05) is 91.4 Å². The van der Waals surface area contributed by atoms with Gasteiger partial charge >= 0.3 is 6.09 Å². The molecule has 1 N–H and O–H groups in total. The first-order valence-electron chi connectivity index (χ1n) is 14.1. The summed E-state index contributed by atoms with van der Waals surface area (Å²) in [7, 11) is 0. The lowest BCUT2D eigenvalue weighted by Gasteiger charge is -2.14. The summed E-state index contributed by atoms with van der Waals surface area (Å²) in [4.78, 5) is 17.1. The Morgan fingerprint density at radius 2 is 1.73 bits per heavy atom. The molecule has 0 fully saturated rings. The Hall–Kier alpha value is -4.09. The van der Waals surface area contributed by atoms with Crippen LogP contribution < -0.4 is 10.1 Å². The van der Waals surface area contributed by atoms with Gasteiger partial charge in [0.1, 0.15) is 11.6 Å². The van der Waals surface area contributed by atoms with Crippen LogP contribution in [0.2, 0.25) is 5.02 Å². The number of hydrogen-bond acceptors (Lipinski definition) is 3. The van der Waals surface area contributed by atoms with Crippen LogP contribution in [0.1, 0.15) is 62.3 Å². The summed E-state index contributed by atoms with van der Waals surface area (Å²) in [6.07, 6.45) is 23.1. The third-order valence-corrected chi connectivity index (χ3v) is 6.68. The number of nitrogens with zero attached hydrogens (tertiary/aromatic N) is 2. The molecule has 3 rings (SSSR count). The minimum absolute atomic E-state index is 0.233. The van der Waals surface area contributed by atoms with E-state index in [9.17, 15) is 4.79 Å². The van der Waals surface area contributed by atoms with Crippen molar-refractivity contribution in [3.63, 3.8) is 0 Å². The van der Waals surface area contributed by atoms with Gasteiger partial charge in [-0.25, -0.2) is 9.78 Å². The van der Waals surface area contributed by atoms with Crippen molar-refractivity contribution in [2.75, 3.05) is 5.32 Å². The van der Waals surface area contributed by atoms with Gasteiger partial charge in [-0.05, 0) is 82.0 Å². The molecule has 0 aliphatic heterocycles. The molecule has 0 saturated carbocycles. The van der Waals surface area contributed by atoms with Crippen LogP contribution in [0.5, 0.6) is 5.75 Å². The van der Waals surface area contributed by atoms with Crippen LogP contribution in [0, 0.1) is 6.92 Å².